The number of amides is 1. The van der Waals surface area contributed by atoms with Gasteiger partial charge in [0.2, 0.25) is 0 Å². The van der Waals surface area contributed by atoms with Gasteiger partial charge in [0.1, 0.15) is 5.75 Å². The highest BCUT2D eigenvalue weighted by molar-refractivity contribution is 5.81. The monoisotopic (exact) mass is 304 g/mol. The summed E-state index contributed by atoms with van der Waals surface area (Å²) in [6, 6.07) is 8.05. The maximum Gasteiger partial charge on any atom is 0.263 e. The molecule has 1 atom stereocenters. The van der Waals surface area contributed by atoms with Gasteiger partial charge in [-0.2, -0.15) is 0 Å². The van der Waals surface area contributed by atoms with Gasteiger partial charge in [-0.15, -0.1) is 0 Å². The Balaban J connectivity index is 1.93. The lowest BCUT2D eigenvalue weighted by Crippen LogP contribution is -2.50. The first-order valence-electron chi connectivity index (χ1n) is 8.02. The van der Waals surface area contributed by atoms with Crippen LogP contribution in [0.4, 0.5) is 0 Å². The Bertz CT molecular complexity index is 497. The number of hydrogen-bond donors (Lipinski definition) is 0. The summed E-state index contributed by atoms with van der Waals surface area (Å²) in [6.45, 7) is 11.8. The van der Waals surface area contributed by atoms with Gasteiger partial charge in [-0.05, 0) is 37.1 Å². The second kappa shape index (κ2) is 6.69. The van der Waals surface area contributed by atoms with Crippen LogP contribution in [0.2, 0.25) is 0 Å². The van der Waals surface area contributed by atoms with Gasteiger partial charge in [0.15, 0.2) is 6.10 Å². The maximum atomic E-state index is 12.4. The van der Waals surface area contributed by atoms with Crippen molar-refractivity contribution in [2.75, 3.05) is 33.2 Å². The van der Waals surface area contributed by atoms with Gasteiger partial charge in [0.05, 0.1) is 0 Å². The molecule has 1 saturated heterocycles. The molecule has 1 aromatic rings. The van der Waals surface area contributed by atoms with E-state index in [0.29, 0.717) is 0 Å². The highest BCUT2D eigenvalue weighted by Gasteiger charge is 2.25. The second-order valence-electron chi connectivity index (χ2n) is 7.16. The number of hydrogen-bond acceptors (Lipinski definition) is 3. The zero-order valence-electron chi connectivity index (χ0n) is 14.4. The van der Waals surface area contributed by atoms with Crippen LogP contribution in [-0.4, -0.2) is 55.0 Å². The smallest absolute Gasteiger partial charge is 0.263 e. The molecule has 0 aromatic heterocycles. The van der Waals surface area contributed by atoms with Crippen molar-refractivity contribution < 1.29 is 9.53 Å². The van der Waals surface area contributed by atoms with Gasteiger partial charge in [0, 0.05) is 26.2 Å². The Labute approximate surface area is 134 Å². The van der Waals surface area contributed by atoms with Crippen molar-refractivity contribution in [3.8, 4) is 5.75 Å². The molecule has 122 valence electrons. The summed E-state index contributed by atoms with van der Waals surface area (Å²) in [6.07, 6.45) is -0.441. The van der Waals surface area contributed by atoms with Crippen molar-refractivity contribution in [3.63, 3.8) is 0 Å². The molecular formula is C18H28N2O2. The molecule has 1 amide bonds. The molecule has 1 heterocycles. The number of carbonyl (C=O) groups excluding carboxylic acids is 1. The summed E-state index contributed by atoms with van der Waals surface area (Å²) in [5.41, 5.74) is 1.39. The molecule has 0 radical (unpaired) electrons. The van der Waals surface area contributed by atoms with Crippen LogP contribution in [0.3, 0.4) is 0 Å². The van der Waals surface area contributed by atoms with E-state index < -0.39 is 6.10 Å². The molecule has 2 rings (SSSR count). The molecule has 4 heteroatoms. The third-order valence-corrected chi connectivity index (χ3v) is 4.20. The maximum absolute atomic E-state index is 12.4. The van der Waals surface area contributed by atoms with Crippen LogP contribution in [0, 0.1) is 0 Å². The summed E-state index contributed by atoms with van der Waals surface area (Å²) in [5, 5.41) is 0. The van der Waals surface area contributed by atoms with E-state index in [1.165, 1.54) is 5.56 Å². The number of piperazine rings is 1. The van der Waals surface area contributed by atoms with E-state index in [9.17, 15) is 4.79 Å². The van der Waals surface area contributed by atoms with Crippen LogP contribution in [0.15, 0.2) is 24.3 Å². The Morgan fingerprint density at radius 3 is 2.14 bits per heavy atom. The summed E-state index contributed by atoms with van der Waals surface area (Å²) < 4.78 is 5.82. The zero-order chi connectivity index (χ0) is 16.3. The molecular weight excluding hydrogens is 276 g/mol. The van der Waals surface area contributed by atoms with Crippen LogP contribution in [0.5, 0.6) is 5.75 Å². The van der Waals surface area contributed by atoms with Crippen LogP contribution in [0.25, 0.3) is 0 Å². The highest BCUT2D eigenvalue weighted by Crippen LogP contribution is 2.24. The predicted octanol–water partition coefficient (Wildman–Crippen LogP) is 2.53. The lowest BCUT2D eigenvalue weighted by molar-refractivity contribution is -0.139. The second-order valence-corrected chi connectivity index (χ2v) is 7.16. The van der Waals surface area contributed by atoms with Gasteiger partial charge in [-0.1, -0.05) is 32.9 Å². The first-order valence-corrected chi connectivity index (χ1v) is 8.02. The molecule has 1 aliphatic rings. The standard InChI is InChI=1S/C18H28N2O2/c1-14(17(21)20-12-10-19(5)11-13-20)22-16-8-6-15(7-9-16)18(2,3)4/h6-9,14H,10-13H2,1-5H3/t14-/m0/s1. The molecule has 1 fully saturated rings. The molecule has 4 nitrogen and oxygen atoms in total. The van der Waals surface area contributed by atoms with Gasteiger partial charge < -0.3 is 14.5 Å². The minimum absolute atomic E-state index is 0.0768. The van der Waals surface area contributed by atoms with E-state index >= 15 is 0 Å². The molecule has 1 aromatic carbocycles. The lowest BCUT2D eigenvalue weighted by Gasteiger charge is -2.33. The van der Waals surface area contributed by atoms with Crippen molar-refractivity contribution in [2.24, 2.45) is 0 Å². The van der Waals surface area contributed by atoms with E-state index in [1.807, 2.05) is 24.0 Å². The molecule has 0 aliphatic carbocycles. The fourth-order valence-corrected chi connectivity index (χ4v) is 2.57. The Hall–Kier alpha value is -1.55. The first-order chi connectivity index (χ1) is 10.3. The highest BCUT2D eigenvalue weighted by atomic mass is 16.5. The zero-order valence-corrected chi connectivity index (χ0v) is 14.4. The number of benzene rings is 1. The van der Waals surface area contributed by atoms with Gasteiger partial charge in [-0.25, -0.2) is 0 Å². The first kappa shape index (κ1) is 16.8. The molecule has 1 aliphatic heterocycles. The van der Waals surface area contributed by atoms with Crippen molar-refractivity contribution in [2.45, 2.75) is 39.2 Å². The minimum atomic E-state index is -0.441. The molecule has 0 N–H and O–H groups in total. The summed E-state index contributed by atoms with van der Waals surface area (Å²) >= 11 is 0. The minimum Gasteiger partial charge on any atom is -0.481 e. The lowest BCUT2D eigenvalue weighted by atomic mass is 9.87. The average Bonchev–Trinajstić information content (AvgIpc) is 2.47. The molecule has 0 bridgehead atoms. The summed E-state index contributed by atoms with van der Waals surface area (Å²) in [7, 11) is 2.08. The van der Waals surface area contributed by atoms with Crippen LogP contribution < -0.4 is 4.74 Å². The quantitative estimate of drug-likeness (QED) is 0.860. The third-order valence-electron chi connectivity index (χ3n) is 4.20. The molecule has 22 heavy (non-hydrogen) atoms. The SMILES string of the molecule is C[C@H](Oc1ccc(C(C)(C)C)cc1)C(=O)N1CCN(C)CC1. The van der Waals surface area contributed by atoms with Crippen molar-refractivity contribution in [1.82, 2.24) is 9.80 Å². The summed E-state index contributed by atoms with van der Waals surface area (Å²) in [5.74, 6) is 0.830. The largest absolute Gasteiger partial charge is 0.481 e. The fourth-order valence-electron chi connectivity index (χ4n) is 2.57. The number of ether oxygens (including phenoxy) is 1. The predicted molar refractivity (Wildman–Crippen MR) is 89.3 cm³/mol. The molecule has 0 unspecified atom stereocenters. The average molecular weight is 304 g/mol. The van der Waals surface area contributed by atoms with E-state index in [-0.39, 0.29) is 11.3 Å². The normalized spacial score (nSPS) is 18.1. The van der Waals surface area contributed by atoms with Crippen LogP contribution in [0.1, 0.15) is 33.3 Å². The van der Waals surface area contributed by atoms with E-state index in [2.05, 4.69) is 44.9 Å². The van der Waals surface area contributed by atoms with E-state index in [1.54, 1.807) is 0 Å². The summed E-state index contributed by atoms with van der Waals surface area (Å²) in [4.78, 5) is 16.6. The number of nitrogens with zero attached hydrogens (tertiary/aromatic N) is 2. The van der Waals surface area contributed by atoms with Crippen molar-refractivity contribution in [1.29, 1.82) is 0 Å². The number of rotatable bonds is 3. The third kappa shape index (κ3) is 4.23. The topological polar surface area (TPSA) is 32.8 Å². The van der Waals surface area contributed by atoms with Gasteiger partial charge in [0.25, 0.3) is 5.91 Å². The Kier molecular flexibility index (Phi) is 5.12. The number of carbonyl (C=O) groups is 1. The number of likely N-dealkylation sites (N-methyl/N-ethyl adjacent to an activating group) is 1. The van der Waals surface area contributed by atoms with Crippen molar-refractivity contribution >= 4 is 5.91 Å². The van der Waals surface area contributed by atoms with Crippen LogP contribution >= 0.6 is 0 Å². The molecule has 0 saturated carbocycles. The van der Waals surface area contributed by atoms with Crippen LogP contribution in [-0.2, 0) is 10.2 Å². The van der Waals surface area contributed by atoms with E-state index in [4.69, 9.17) is 4.74 Å². The Morgan fingerprint density at radius 1 is 1.09 bits per heavy atom. The van der Waals surface area contributed by atoms with E-state index in [0.717, 1.165) is 31.9 Å². The van der Waals surface area contributed by atoms with Gasteiger partial charge >= 0.3 is 0 Å². The fraction of sp³-hybridized carbons (Fsp3) is 0.611. The Morgan fingerprint density at radius 2 is 1.64 bits per heavy atom. The van der Waals surface area contributed by atoms with Crippen molar-refractivity contribution in [3.05, 3.63) is 29.8 Å². The van der Waals surface area contributed by atoms with Gasteiger partial charge in [-0.3, -0.25) is 4.79 Å². The molecule has 0 spiro atoms.